The van der Waals surface area contributed by atoms with Gasteiger partial charge < -0.3 is 0 Å². The predicted molar refractivity (Wildman–Crippen MR) is 104 cm³/mol. The Bertz CT molecular complexity index is 414. The van der Waals surface area contributed by atoms with Gasteiger partial charge in [0, 0.05) is 6.04 Å². The number of nitrogens with one attached hydrogen (secondary N) is 1. The number of rotatable bonds is 4. The Morgan fingerprint density at radius 1 is 1.05 bits per heavy atom. The van der Waals surface area contributed by atoms with E-state index in [1.54, 1.807) is 0 Å². The highest BCUT2D eigenvalue weighted by molar-refractivity contribution is 8.00. The van der Waals surface area contributed by atoms with Crippen LogP contribution in [0.5, 0.6) is 0 Å². The zero-order chi connectivity index (χ0) is 15.8. The fraction of sp³-hybridized carbons (Fsp3) is 0.733. The molecule has 5 heteroatoms. The van der Waals surface area contributed by atoms with E-state index in [-0.39, 0.29) is 16.1 Å². The van der Waals surface area contributed by atoms with E-state index < -0.39 is 4.20 Å². The highest BCUT2D eigenvalue weighted by atomic mass is 32.2. The van der Waals surface area contributed by atoms with Gasteiger partial charge in [0.25, 0.3) is 0 Å². The maximum Gasteiger partial charge on any atom is 0.128 e. The van der Waals surface area contributed by atoms with Crippen molar-refractivity contribution < 1.29 is 0 Å². The van der Waals surface area contributed by atoms with E-state index >= 15 is 0 Å². The third-order valence-corrected chi connectivity index (χ3v) is 5.26. The first-order valence-electron chi connectivity index (χ1n) is 7.19. The molecule has 0 saturated heterocycles. The standard InChI is InChI=1S/C15H28BNS3/c1-10(14(5,16)18)17-15(19,20)12-8-6-11(7-9-12)13(2,3)4/h6,8,10,17-20H,7,9,16H2,1-5H3. The summed E-state index contributed by atoms with van der Waals surface area (Å²) >= 11 is 14.1. The first-order chi connectivity index (χ1) is 8.84. The van der Waals surface area contributed by atoms with Crippen molar-refractivity contribution in [2.75, 3.05) is 0 Å². The van der Waals surface area contributed by atoms with Crippen molar-refractivity contribution >= 4 is 45.7 Å². The monoisotopic (exact) mass is 329 g/mol. The van der Waals surface area contributed by atoms with Gasteiger partial charge in [0.1, 0.15) is 12.0 Å². The molecule has 0 saturated carbocycles. The van der Waals surface area contributed by atoms with Crippen molar-refractivity contribution in [3.05, 3.63) is 23.3 Å². The molecular formula is C15H28BNS3. The van der Waals surface area contributed by atoms with Crippen LogP contribution in [0.25, 0.3) is 0 Å². The maximum atomic E-state index is 4.72. The molecule has 0 aromatic carbocycles. The van der Waals surface area contributed by atoms with Gasteiger partial charge >= 0.3 is 0 Å². The molecule has 0 aromatic heterocycles. The van der Waals surface area contributed by atoms with Crippen LogP contribution >= 0.6 is 37.9 Å². The van der Waals surface area contributed by atoms with E-state index in [9.17, 15) is 0 Å². The van der Waals surface area contributed by atoms with Crippen LogP contribution in [0.1, 0.15) is 47.5 Å². The lowest BCUT2D eigenvalue weighted by atomic mass is 9.80. The first kappa shape index (κ1) is 18.6. The summed E-state index contributed by atoms with van der Waals surface area (Å²) in [6.45, 7) is 11.0. The number of hydrogen-bond acceptors (Lipinski definition) is 4. The Kier molecular flexibility index (Phi) is 5.91. The summed E-state index contributed by atoms with van der Waals surface area (Å²) in [7, 11) is 2.10. The Balaban J connectivity index is 2.85. The molecule has 0 bridgehead atoms. The topological polar surface area (TPSA) is 12.0 Å². The minimum Gasteiger partial charge on any atom is -0.288 e. The quantitative estimate of drug-likeness (QED) is 0.352. The fourth-order valence-electron chi connectivity index (χ4n) is 2.12. The Morgan fingerprint density at radius 2 is 1.50 bits per heavy atom. The zero-order valence-corrected chi connectivity index (χ0v) is 16.2. The minimum atomic E-state index is -0.584. The Labute approximate surface area is 142 Å². The summed E-state index contributed by atoms with van der Waals surface area (Å²) < 4.78 is -0.697. The lowest BCUT2D eigenvalue weighted by Crippen LogP contribution is -2.51. The summed E-state index contributed by atoms with van der Waals surface area (Å²) in [6.07, 6.45) is 6.49. The molecule has 0 radical (unpaired) electrons. The van der Waals surface area contributed by atoms with Crippen LogP contribution < -0.4 is 5.32 Å². The molecule has 20 heavy (non-hydrogen) atoms. The van der Waals surface area contributed by atoms with Crippen LogP contribution in [-0.4, -0.2) is 22.7 Å². The molecule has 1 nitrogen and oxygen atoms in total. The Morgan fingerprint density at radius 3 is 1.85 bits per heavy atom. The summed E-state index contributed by atoms with van der Waals surface area (Å²) in [5, 5.41) is 3.47. The third-order valence-electron chi connectivity index (χ3n) is 4.04. The summed E-state index contributed by atoms with van der Waals surface area (Å²) in [6, 6.07) is 0.203. The van der Waals surface area contributed by atoms with E-state index in [1.165, 1.54) is 11.1 Å². The maximum absolute atomic E-state index is 4.72. The van der Waals surface area contributed by atoms with Crippen LogP contribution in [-0.2, 0) is 0 Å². The molecule has 2 atom stereocenters. The van der Waals surface area contributed by atoms with Crippen molar-refractivity contribution in [3.63, 3.8) is 0 Å². The lowest BCUT2D eigenvalue weighted by Gasteiger charge is -2.38. The highest BCUT2D eigenvalue weighted by Crippen LogP contribution is 2.39. The van der Waals surface area contributed by atoms with Gasteiger partial charge in [0.15, 0.2) is 0 Å². The number of allylic oxidation sites excluding steroid dienone is 3. The van der Waals surface area contributed by atoms with Gasteiger partial charge in [-0.2, -0.15) is 12.6 Å². The van der Waals surface area contributed by atoms with E-state index in [4.69, 9.17) is 25.3 Å². The molecule has 1 N–H and O–H groups in total. The van der Waals surface area contributed by atoms with Crippen molar-refractivity contribution in [1.29, 1.82) is 0 Å². The van der Waals surface area contributed by atoms with Crippen molar-refractivity contribution in [2.45, 2.75) is 62.4 Å². The van der Waals surface area contributed by atoms with E-state index in [2.05, 4.69) is 72.6 Å². The average molecular weight is 329 g/mol. The molecule has 0 amide bonds. The number of hydrogen-bond donors (Lipinski definition) is 4. The molecule has 1 aliphatic carbocycles. The predicted octanol–water partition coefficient (Wildman–Crippen LogP) is 3.45. The molecule has 0 aromatic rings. The minimum absolute atomic E-state index is 0.113. The van der Waals surface area contributed by atoms with E-state index in [1.807, 2.05) is 0 Å². The average Bonchev–Trinajstić information content (AvgIpc) is 2.26. The first-order valence-corrected chi connectivity index (χ1v) is 8.53. The summed E-state index contributed by atoms with van der Waals surface area (Å²) in [4.78, 5) is 0. The van der Waals surface area contributed by atoms with Gasteiger partial charge in [-0.3, -0.25) is 5.32 Å². The second-order valence-corrected chi connectivity index (χ2v) is 10.2. The van der Waals surface area contributed by atoms with Gasteiger partial charge in [-0.25, -0.2) is 0 Å². The molecule has 0 fully saturated rings. The van der Waals surface area contributed by atoms with Gasteiger partial charge in [-0.05, 0) is 35.4 Å². The molecule has 0 heterocycles. The fourth-order valence-corrected chi connectivity index (χ4v) is 2.95. The van der Waals surface area contributed by atoms with Crippen LogP contribution in [0, 0.1) is 5.41 Å². The van der Waals surface area contributed by atoms with Crippen LogP contribution in [0.2, 0.25) is 0 Å². The van der Waals surface area contributed by atoms with Crippen molar-refractivity contribution in [2.24, 2.45) is 5.41 Å². The molecule has 1 rings (SSSR count). The highest BCUT2D eigenvalue weighted by Gasteiger charge is 2.33. The second kappa shape index (κ2) is 6.35. The summed E-state index contributed by atoms with van der Waals surface area (Å²) in [5.41, 5.74) is 2.95. The molecule has 0 spiro atoms. The van der Waals surface area contributed by atoms with Gasteiger partial charge in [0.2, 0.25) is 0 Å². The summed E-state index contributed by atoms with van der Waals surface area (Å²) in [5.74, 6) is 0. The van der Waals surface area contributed by atoms with E-state index in [0.29, 0.717) is 0 Å². The zero-order valence-electron chi connectivity index (χ0n) is 13.5. The molecule has 0 aliphatic heterocycles. The van der Waals surface area contributed by atoms with Gasteiger partial charge in [-0.1, -0.05) is 45.4 Å². The van der Waals surface area contributed by atoms with Gasteiger partial charge in [0.05, 0.1) is 0 Å². The molecule has 1 aliphatic rings. The van der Waals surface area contributed by atoms with Crippen LogP contribution in [0.3, 0.4) is 0 Å². The Hall–Kier alpha value is 0.555. The van der Waals surface area contributed by atoms with Crippen molar-refractivity contribution in [3.8, 4) is 0 Å². The normalized spacial score (nSPS) is 21.8. The van der Waals surface area contributed by atoms with Crippen LogP contribution in [0.15, 0.2) is 23.3 Å². The molecule has 2 unspecified atom stereocenters. The third kappa shape index (κ3) is 5.08. The van der Waals surface area contributed by atoms with Gasteiger partial charge in [-0.15, -0.1) is 25.3 Å². The smallest absolute Gasteiger partial charge is 0.128 e. The molecular weight excluding hydrogens is 301 g/mol. The largest absolute Gasteiger partial charge is 0.288 e. The number of thiol groups is 3. The van der Waals surface area contributed by atoms with Crippen molar-refractivity contribution in [1.82, 2.24) is 5.32 Å². The van der Waals surface area contributed by atoms with E-state index in [0.717, 1.165) is 12.8 Å². The van der Waals surface area contributed by atoms with Crippen LogP contribution in [0.4, 0.5) is 0 Å². The molecule has 114 valence electrons. The lowest BCUT2D eigenvalue weighted by molar-refractivity contribution is 0.469. The second-order valence-electron chi connectivity index (χ2n) is 7.33. The SMILES string of the molecule is BC(C)(S)C(C)NC(S)(S)C1=CC=C(C(C)(C)C)CC1.